The van der Waals surface area contributed by atoms with E-state index in [9.17, 15) is 13.5 Å². The van der Waals surface area contributed by atoms with Gasteiger partial charge in [-0.15, -0.1) is 0 Å². The minimum Gasteiger partial charge on any atom is -0.393 e. The van der Waals surface area contributed by atoms with Gasteiger partial charge in [-0.3, -0.25) is 4.55 Å². The molecule has 2 aromatic rings. The van der Waals surface area contributed by atoms with Crippen molar-refractivity contribution in [2.24, 2.45) is 5.41 Å². The lowest BCUT2D eigenvalue weighted by Crippen LogP contribution is -2.35. The summed E-state index contributed by atoms with van der Waals surface area (Å²) in [6.07, 6.45) is 3.46. The van der Waals surface area contributed by atoms with Crippen molar-refractivity contribution >= 4 is 21.2 Å². The highest BCUT2D eigenvalue weighted by molar-refractivity contribution is 7.81. The molecule has 128 valence electrons. The maximum atomic E-state index is 10.9. The zero-order valence-electron chi connectivity index (χ0n) is 13.4. The molecular formula is C18H20O5S. The predicted octanol–water partition coefficient (Wildman–Crippen LogP) is 3.21. The Kier molecular flexibility index (Phi) is 3.43. The third-order valence-electron chi connectivity index (χ3n) is 5.92. The molecule has 4 rings (SSSR count). The lowest BCUT2D eigenvalue weighted by Gasteiger charge is -2.40. The molecule has 2 N–H and O–H groups in total. The third-order valence-corrected chi connectivity index (χ3v) is 6.32. The van der Waals surface area contributed by atoms with E-state index in [-0.39, 0.29) is 17.3 Å². The van der Waals surface area contributed by atoms with Gasteiger partial charge < -0.3 is 9.29 Å². The highest BCUT2D eigenvalue weighted by Crippen LogP contribution is 2.56. The van der Waals surface area contributed by atoms with Gasteiger partial charge in [0, 0.05) is 5.41 Å². The van der Waals surface area contributed by atoms with Crippen molar-refractivity contribution in [3.8, 4) is 5.75 Å². The van der Waals surface area contributed by atoms with Crippen molar-refractivity contribution in [1.29, 1.82) is 0 Å². The molecule has 2 aliphatic rings. The van der Waals surface area contributed by atoms with E-state index in [1.807, 2.05) is 12.1 Å². The Hall–Kier alpha value is -1.63. The highest BCUT2D eigenvalue weighted by atomic mass is 32.3. The predicted molar refractivity (Wildman–Crippen MR) is 90.5 cm³/mol. The second-order valence-corrected chi connectivity index (χ2v) is 8.20. The van der Waals surface area contributed by atoms with E-state index in [1.165, 1.54) is 11.1 Å². The van der Waals surface area contributed by atoms with Crippen LogP contribution >= 0.6 is 0 Å². The van der Waals surface area contributed by atoms with Gasteiger partial charge in [-0.25, -0.2) is 0 Å². The first-order valence-electron chi connectivity index (χ1n) is 8.18. The van der Waals surface area contributed by atoms with Crippen LogP contribution in [0.5, 0.6) is 5.75 Å². The molecule has 0 bridgehead atoms. The number of fused-ring (bicyclic) bond motifs is 5. The molecule has 0 spiro atoms. The topological polar surface area (TPSA) is 83.8 Å². The maximum absolute atomic E-state index is 10.9. The Labute approximate surface area is 141 Å². The summed E-state index contributed by atoms with van der Waals surface area (Å²) >= 11 is 0. The lowest BCUT2D eigenvalue weighted by molar-refractivity contribution is 0.0459. The van der Waals surface area contributed by atoms with Gasteiger partial charge in [0.1, 0.15) is 5.75 Å². The van der Waals surface area contributed by atoms with Crippen LogP contribution in [0.4, 0.5) is 0 Å². The third kappa shape index (κ3) is 2.41. The van der Waals surface area contributed by atoms with Gasteiger partial charge in [0.2, 0.25) is 0 Å². The van der Waals surface area contributed by atoms with E-state index >= 15 is 0 Å². The van der Waals surface area contributed by atoms with Crippen molar-refractivity contribution in [3.05, 3.63) is 41.5 Å². The molecule has 0 aliphatic heterocycles. The van der Waals surface area contributed by atoms with Crippen molar-refractivity contribution < 1.29 is 22.3 Å². The van der Waals surface area contributed by atoms with Crippen LogP contribution in [0, 0.1) is 5.41 Å². The van der Waals surface area contributed by atoms with Crippen LogP contribution in [0.15, 0.2) is 30.3 Å². The first-order chi connectivity index (χ1) is 11.3. The molecule has 2 aromatic carbocycles. The number of hydrogen-bond donors (Lipinski definition) is 2. The Balaban J connectivity index is 1.81. The lowest BCUT2D eigenvalue weighted by atomic mass is 9.65. The number of aliphatic hydroxyl groups excluding tert-OH is 1. The Morgan fingerprint density at radius 1 is 1.21 bits per heavy atom. The van der Waals surface area contributed by atoms with Gasteiger partial charge in [0.15, 0.2) is 0 Å². The summed E-state index contributed by atoms with van der Waals surface area (Å²) in [5.41, 5.74) is 2.54. The van der Waals surface area contributed by atoms with Crippen LogP contribution in [-0.2, 0) is 16.8 Å². The van der Waals surface area contributed by atoms with Gasteiger partial charge in [-0.2, -0.15) is 8.42 Å². The number of aryl methyl sites for hydroxylation is 1. The zero-order valence-corrected chi connectivity index (χ0v) is 14.2. The molecule has 24 heavy (non-hydrogen) atoms. The number of rotatable bonds is 2. The normalized spacial score (nSPS) is 29.3. The molecule has 0 heterocycles. The molecular weight excluding hydrogens is 328 g/mol. The summed E-state index contributed by atoms with van der Waals surface area (Å²) in [6.45, 7) is 2.19. The molecule has 1 saturated carbocycles. The first kappa shape index (κ1) is 15.9. The van der Waals surface area contributed by atoms with E-state index in [2.05, 4.69) is 17.2 Å². The summed E-state index contributed by atoms with van der Waals surface area (Å²) in [5, 5.41) is 12.3. The van der Waals surface area contributed by atoms with Gasteiger partial charge >= 0.3 is 10.4 Å². The minimum absolute atomic E-state index is 0.0469. The Morgan fingerprint density at radius 2 is 2.00 bits per heavy atom. The molecule has 2 aliphatic carbocycles. The Morgan fingerprint density at radius 3 is 2.75 bits per heavy atom. The first-order valence-corrected chi connectivity index (χ1v) is 9.55. The van der Waals surface area contributed by atoms with Gasteiger partial charge in [-0.1, -0.05) is 25.1 Å². The van der Waals surface area contributed by atoms with Crippen LogP contribution in [0.3, 0.4) is 0 Å². The van der Waals surface area contributed by atoms with Crippen LogP contribution < -0.4 is 4.18 Å². The molecule has 0 radical (unpaired) electrons. The second-order valence-electron chi connectivity index (χ2n) is 7.18. The average molecular weight is 348 g/mol. The van der Waals surface area contributed by atoms with Gasteiger partial charge in [-0.05, 0) is 65.6 Å². The maximum Gasteiger partial charge on any atom is 0.446 e. The second kappa shape index (κ2) is 5.18. The molecule has 6 heteroatoms. The molecule has 0 unspecified atom stereocenters. The van der Waals surface area contributed by atoms with Crippen LogP contribution in [-0.4, -0.2) is 24.2 Å². The van der Waals surface area contributed by atoms with Gasteiger partial charge in [0.25, 0.3) is 0 Å². The van der Waals surface area contributed by atoms with E-state index in [0.717, 1.165) is 36.5 Å². The van der Waals surface area contributed by atoms with E-state index in [4.69, 9.17) is 4.55 Å². The number of hydrogen-bond acceptors (Lipinski definition) is 4. The van der Waals surface area contributed by atoms with Crippen molar-refractivity contribution in [2.75, 3.05) is 0 Å². The van der Waals surface area contributed by atoms with Crippen molar-refractivity contribution in [2.45, 2.75) is 44.6 Å². The average Bonchev–Trinajstić information content (AvgIpc) is 2.81. The highest BCUT2D eigenvalue weighted by Gasteiger charge is 2.49. The summed E-state index contributed by atoms with van der Waals surface area (Å²) in [7, 11) is -4.52. The van der Waals surface area contributed by atoms with Crippen LogP contribution in [0.25, 0.3) is 10.8 Å². The standard InChI is InChI=1S/C18H20O5S/c1-18-9-8-14-13-5-3-12(23-24(20,21)22)10-11(13)2-4-15(14)16(18)6-7-17(18)19/h2-5,10,16-17,19H,6-9H2,1H3,(H,20,21,22)/t16-,17-,18-/m0/s1. The summed E-state index contributed by atoms with van der Waals surface area (Å²) < 4.78 is 35.1. The van der Waals surface area contributed by atoms with Crippen LogP contribution in [0.2, 0.25) is 0 Å². The smallest absolute Gasteiger partial charge is 0.393 e. The molecule has 5 nitrogen and oxygen atoms in total. The van der Waals surface area contributed by atoms with E-state index in [0.29, 0.717) is 5.92 Å². The summed E-state index contributed by atoms with van der Waals surface area (Å²) in [4.78, 5) is 0. The van der Waals surface area contributed by atoms with Crippen LogP contribution in [0.1, 0.15) is 43.2 Å². The molecule has 1 fully saturated rings. The van der Waals surface area contributed by atoms with Gasteiger partial charge in [0.05, 0.1) is 6.10 Å². The summed E-state index contributed by atoms with van der Waals surface area (Å²) in [6, 6.07) is 9.09. The minimum atomic E-state index is -4.52. The van der Waals surface area contributed by atoms with E-state index < -0.39 is 10.4 Å². The number of benzene rings is 2. The molecule has 0 aromatic heterocycles. The zero-order chi connectivity index (χ0) is 17.1. The number of aliphatic hydroxyl groups is 1. The SMILES string of the molecule is C[C@]12CCc3c(ccc4cc(OS(=O)(=O)O)ccc34)[C@@H]1CC[C@@H]2O. The molecule has 0 amide bonds. The molecule has 0 saturated heterocycles. The Bertz CT molecular complexity index is 920. The fraction of sp³-hybridized carbons (Fsp3) is 0.444. The van der Waals surface area contributed by atoms with Crippen molar-refractivity contribution in [3.63, 3.8) is 0 Å². The van der Waals surface area contributed by atoms with E-state index in [1.54, 1.807) is 12.1 Å². The van der Waals surface area contributed by atoms with Crippen molar-refractivity contribution in [1.82, 2.24) is 0 Å². The fourth-order valence-electron chi connectivity index (χ4n) is 4.63. The quantitative estimate of drug-likeness (QED) is 0.814. The molecule has 3 atom stereocenters. The fourth-order valence-corrected chi connectivity index (χ4v) is 4.98. The monoisotopic (exact) mass is 348 g/mol. The summed E-state index contributed by atoms with van der Waals surface area (Å²) in [5.74, 6) is 0.469. The largest absolute Gasteiger partial charge is 0.446 e.